The largest absolute Gasteiger partial charge is 0.496 e. The van der Waals surface area contributed by atoms with E-state index in [0.29, 0.717) is 26.9 Å². The summed E-state index contributed by atoms with van der Waals surface area (Å²) < 4.78 is 6.69. The zero-order valence-corrected chi connectivity index (χ0v) is 24.4. The molecule has 0 bridgehead atoms. The molecule has 2 heterocycles. The first-order valence-corrected chi connectivity index (χ1v) is 13.0. The maximum atomic E-state index is 13.8. The third-order valence-electron chi connectivity index (χ3n) is 5.93. The van der Waals surface area contributed by atoms with E-state index in [1.54, 1.807) is 32.0 Å². The van der Waals surface area contributed by atoms with Crippen LogP contribution in [0.15, 0.2) is 30.3 Å². The van der Waals surface area contributed by atoms with Crippen LogP contribution in [0.2, 0.25) is 30.4 Å². The SMILES string of the molecule is COc1cc(C)c(Cl)cc1C(=O)c1cc(Cl)c(Cl)n1-c1c(C(=O)c2cc(Cl)c(C)cc2C)[nH]c(Cl)c1Cl. The first kappa shape index (κ1) is 27.9. The summed E-state index contributed by atoms with van der Waals surface area (Å²) >= 11 is 38.4. The van der Waals surface area contributed by atoms with Crippen molar-refractivity contribution in [3.8, 4) is 11.4 Å². The van der Waals surface area contributed by atoms with Crippen LogP contribution in [0.4, 0.5) is 0 Å². The molecule has 37 heavy (non-hydrogen) atoms. The average Bonchev–Trinajstić information content (AvgIpc) is 3.31. The summed E-state index contributed by atoms with van der Waals surface area (Å²) in [6.07, 6.45) is 0. The summed E-state index contributed by atoms with van der Waals surface area (Å²) in [7, 11) is 1.44. The minimum Gasteiger partial charge on any atom is -0.496 e. The van der Waals surface area contributed by atoms with Crippen molar-refractivity contribution in [1.29, 1.82) is 0 Å². The van der Waals surface area contributed by atoms with Crippen LogP contribution < -0.4 is 4.74 Å². The topological polar surface area (TPSA) is 64.1 Å². The number of ether oxygens (including phenoxy) is 1. The van der Waals surface area contributed by atoms with Gasteiger partial charge in [-0.2, -0.15) is 0 Å². The number of aromatic nitrogens is 2. The van der Waals surface area contributed by atoms with Crippen LogP contribution in [-0.4, -0.2) is 28.2 Å². The number of aromatic amines is 1. The van der Waals surface area contributed by atoms with Crippen molar-refractivity contribution in [2.45, 2.75) is 20.8 Å². The monoisotopic (exact) mass is 616 g/mol. The van der Waals surface area contributed by atoms with Gasteiger partial charge >= 0.3 is 0 Å². The van der Waals surface area contributed by atoms with Gasteiger partial charge in [-0.15, -0.1) is 0 Å². The van der Waals surface area contributed by atoms with E-state index < -0.39 is 11.6 Å². The van der Waals surface area contributed by atoms with Gasteiger partial charge in [0.15, 0.2) is 0 Å². The van der Waals surface area contributed by atoms with Crippen molar-refractivity contribution in [2.75, 3.05) is 7.11 Å². The minimum absolute atomic E-state index is 0.00450. The van der Waals surface area contributed by atoms with Crippen molar-refractivity contribution in [1.82, 2.24) is 9.55 Å². The smallest absolute Gasteiger partial charge is 0.213 e. The molecule has 4 aromatic rings. The highest BCUT2D eigenvalue weighted by molar-refractivity contribution is 6.45. The van der Waals surface area contributed by atoms with Gasteiger partial charge in [-0.05, 0) is 61.7 Å². The van der Waals surface area contributed by atoms with Gasteiger partial charge in [-0.3, -0.25) is 14.2 Å². The fourth-order valence-corrected chi connectivity index (χ4v) is 5.15. The second-order valence-electron chi connectivity index (χ2n) is 8.36. The van der Waals surface area contributed by atoms with E-state index in [1.807, 2.05) is 6.92 Å². The van der Waals surface area contributed by atoms with Crippen LogP contribution in [0.25, 0.3) is 5.69 Å². The number of hydrogen-bond donors (Lipinski definition) is 1. The molecule has 2 aromatic carbocycles. The zero-order valence-electron chi connectivity index (χ0n) is 19.8. The lowest BCUT2D eigenvalue weighted by Crippen LogP contribution is -2.14. The number of nitrogens with zero attached hydrogens (tertiary/aromatic N) is 1. The summed E-state index contributed by atoms with van der Waals surface area (Å²) in [6, 6.07) is 7.87. The molecule has 11 heteroatoms. The maximum Gasteiger partial charge on any atom is 0.213 e. The molecule has 0 amide bonds. The lowest BCUT2D eigenvalue weighted by atomic mass is 9.99. The first-order valence-electron chi connectivity index (χ1n) is 10.7. The molecule has 192 valence electrons. The van der Waals surface area contributed by atoms with Crippen molar-refractivity contribution < 1.29 is 14.3 Å². The van der Waals surface area contributed by atoms with Crippen LogP contribution in [0.3, 0.4) is 0 Å². The minimum atomic E-state index is -0.520. The number of carbonyl (C=O) groups excluding carboxylic acids is 2. The number of rotatable bonds is 6. The van der Waals surface area contributed by atoms with E-state index in [2.05, 4.69) is 4.98 Å². The number of aryl methyl sites for hydroxylation is 3. The van der Waals surface area contributed by atoms with Gasteiger partial charge in [-0.25, -0.2) is 0 Å². The van der Waals surface area contributed by atoms with Crippen LogP contribution in [0, 0.1) is 20.8 Å². The summed E-state index contributed by atoms with van der Waals surface area (Å²) in [4.78, 5) is 30.3. The molecule has 0 aliphatic carbocycles. The van der Waals surface area contributed by atoms with E-state index in [1.165, 1.54) is 23.8 Å². The fourth-order valence-electron chi connectivity index (χ4n) is 4.00. The standard InChI is InChI=1S/C26H18Cl6N2O3/c1-10-5-11(2)15(27)7-13(10)24(36)21-22(20(30)25(31)33-21)34-18(9-17(29)26(34)32)23(35)14-8-16(28)12(3)6-19(14)37-4/h5-9,33H,1-4H3. The van der Waals surface area contributed by atoms with Gasteiger partial charge in [-0.1, -0.05) is 75.7 Å². The van der Waals surface area contributed by atoms with Crippen LogP contribution in [0.5, 0.6) is 5.75 Å². The highest BCUT2D eigenvalue weighted by Gasteiger charge is 2.31. The Bertz CT molecular complexity index is 1600. The van der Waals surface area contributed by atoms with Gasteiger partial charge in [0.1, 0.15) is 26.8 Å². The summed E-state index contributed by atoms with van der Waals surface area (Å²) in [5, 5.41) is 0.741. The molecule has 1 N–H and O–H groups in total. The predicted molar refractivity (Wildman–Crippen MR) is 151 cm³/mol. The highest BCUT2D eigenvalue weighted by Crippen LogP contribution is 2.40. The molecule has 0 aliphatic rings. The molecule has 0 atom stereocenters. The second-order valence-corrected chi connectivity index (χ2v) is 10.7. The van der Waals surface area contributed by atoms with Crippen LogP contribution in [-0.2, 0) is 0 Å². The molecular formula is C26H18Cl6N2O3. The Hall–Kier alpha value is -2.12. The van der Waals surface area contributed by atoms with Crippen molar-refractivity contribution in [3.63, 3.8) is 0 Å². The quantitative estimate of drug-likeness (QED) is 0.219. The third kappa shape index (κ3) is 4.89. The molecule has 0 saturated carbocycles. The number of carbonyl (C=O) groups is 2. The number of H-pyrrole nitrogens is 1. The Balaban J connectivity index is 1.97. The highest BCUT2D eigenvalue weighted by atomic mass is 35.5. The molecule has 0 unspecified atom stereocenters. The molecule has 4 rings (SSSR count). The molecular weight excluding hydrogens is 601 g/mol. The number of methoxy groups -OCH3 is 1. The van der Waals surface area contributed by atoms with E-state index >= 15 is 0 Å². The molecule has 0 radical (unpaired) electrons. The first-order chi connectivity index (χ1) is 17.4. The number of hydrogen-bond acceptors (Lipinski definition) is 3. The Morgan fingerprint density at radius 3 is 1.97 bits per heavy atom. The fraction of sp³-hybridized carbons (Fsp3) is 0.154. The Morgan fingerprint density at radius 2 is 1.35 bits per heavy atom. The predicted octanol–water partition coefficient (Wildman–Crippen LogP) is 9.12. The lowest BCUT2D eigenvalue weighted by Gasteiger charge is -2.15. The molecule has 0 fully saturated rings. The molecule has 5 nitrogen and oxygen atoms in total. The van der Waals surface area contributed by atoms with Gasteiger partial charge in [0.25, 0.3) is 0 Å². The number of nitrogens with one attached hydrogen (secondary N) is 1. The van der Waals surface area contributed by atoms with Crippen LogP contribution in [0.1, 0.15) is 48.8 Å². The van der Waals surface area contributed by atoms with Gasteiger partial charge < -0.3 is 9.72 Å². The lowest BCUT2D eigenvalue weighted by molar-refractivity contribution is 0.102. The number of ketones is 2. The van der Waals surface area contributed by atoms with Gasteiger partial charge in [0, 0.05) is 15.6 Å². The number of halogens is 6. The summed E-state index contributed by atoms with van der Waals surface area (Å²) in [5.74, 6) is -0.682. The van der Waals surface area contributed by atoms with Crippen molar-refractivity contribution in [2.24, 2.45) is 0 Å². The zero-order chi connectivity index (χ0) is 27.3. The average molecular weight is 619 g/mol. The van der Waals surface area contributed by atoms with Crippen LogP contribution >= 0.6 is 69.6 Å². The Morgan fingerprint density at radius 1 is 0.757 bits per heavy atom. The van der Waals surface area contributed by atoms with E-state index in [0.717, 1.165) is 11.1 Å². The van der Waals surface area contributed by atoms with E-state index in [4.69, 9.17) is 74.3 Å². The Labute approximate surface area is 243 Å². The molecule has 0 spiro atoms. The second kappa shape index (κ2) is 10.6. The summed E-state index contributed by atoms with van der Waals surface area (Å²) in [6.45, 7) is 5.40. The third-order valence-corrected chi connectivity index (χ3v) is 8.25. The molecule has 2 aromatic heterocycles. The van der Waals surface area contributed by atoms with E-state index in [9.17, 15) is 9.59 Å². The van der Waals surface area contributed by atoms with E-state index in [-0.39, 0.29) is 43.0 Å². The maximum absolute atomic E-state index is 13.8. The van der Waals surface area contributed by atoms with Crippen molar-refractivity contribution in [3.05, 3.63) is 99.9 Å². The molecule has 0 saturated heterocycles. The number of benzene rings is 2. The normalized spacial score (nSPS) is 11.2. The van der Waals surface area contributed by atoms with Gasteiger partial charge in [0.05, 0.1) is 29.1 Å². The summed E-state index contributed by atoms with van der Waals surface area (Å²) in [5.41, 5.74) is 2.78. The Kier molecular flexibility index (Phi) is 7.97. The van der Waals surface area contributed by atoms with Crippen molar-refractivity contribution >= 4 is 81.2 Å². The molecule has 0 aliphatic heterocycles. The van der Waals surface area contributed by atoms with Gasteiger partial charge in [0.2, 0.25) is 11.6 Å².